The maximum absolute atomic E-state index is 15.7. The fourth-order valence-corrected chi connectivity index (χ4v) is 11.3. The van der Waals surface area contributed by atoms with Gasteiger partial charge in [0.1, 0.15) is 41.5 Å². The highest BCUT2D eigenvalue weighted by Gasteiger charge is 2.77. The van der Waals surface area contributed by atoms with Crippen LogP contribution in [0, 0.1) is 11.3 Å². The maximum Gasteiger partial charge on any atom is 0.327 e. The molecule has 5 heterocycles. The number of rotatable bonds is 19. The summed E-state index contributed by atoms with van der Waals surface area (Å²) in [6, 6.07) is 5.40. The number of benzene rings is 1. The van der Waals surface area contributed by atoms with Crippen LogP contribution in [0.5, 0.6) is 0 Å². The largest absolute Gasteiger partial charge is 0.460 e. The summed E-state index contributed by atoms with van der Waals surface area (Å²) in [6.45, 7) is 9.83. The van der Waals surface area contributed by atoms with E-state index in [2.05, 4.69) is 37.4 Å². The average molecular weight is 878 g/mol. The van der Waals surface area contributed by atoms with Crippen LogP contribution in [0.25, 0.3) is 6.08 Å². The number of aliphatic hydroxyl groups excluding tert-OH is 1. The second-order valence-electron chi connectivity index (χ2n) is 20.2. The summed E-state index contributed by atoms with van der Waals surface area (Å²) >= 11 is 0. The lowest BCUT2D eigenvalue weighted by Crippen LogP contribution is -2.70. The number of carbonyl (C=O) groups is 4. The number of aliphatic hydroxyl groups is 1. The van der Waals surface area contributed by atoms with Crippen LogP contribution >= 0.6 is 0 Å². The number of nitrogens with one attached hydrogen (secondary N) is 1. The molecule has 1 aromatic carbocycles. The molecule has 0 aromatic heterocycles. The van der Waals surface area contributed by atoms with E-state index >= 15 is 4.79 Å². The van der Waals surface area contributed by atoms with Gasteiger partial charge in [0.25, 0.3) is 0 Å². The molecule has 14 nitrogen and oxygen atoms in total. The maximum atomic E-state index is 15.7. The third-order valence-corrected chi connectivity index (χ3v) is 14.4. The second-order valence-corrected chi connectivity index (χ2v) is 20.2. The lowest BCUT2D eigenvalue weighted by molar-refractivity contribution is -0.225. The van der Waals surface area contributed by atoms with E-state index in [1.807, 2.05) is 18.2 Å². The number of ether oxygens (including phenoxy) is 5. The van der Waals surface area contributed by atoms with Gasteiger partial charge in [-0.2, -0.15) is 5.06 Å². The number of amides is 2. The standard InChI is InChI=1S/C49H71N3O11/c1-6-8-12-24-48(25-13-9-7-2)61-40-38-28-49(46(57)51-26-14-17-35(51)44(55)50-34(30-53)21-23-39(54)60-47(3,4)5)42(45(56)59-38)52(63-43(49)41(40)62-48)29-33-16-11-10-15-32(33)20-18-31-19-22-36-37(27-31)58-36/h10-11,15-16,18,20,31,34-38,40-43,53H,6-9,12-14,17,19,21-30H2,1-5H3,(H,50,55)/t31?,34-,35+,36?,37?,38+,40-,41-,42-,43+,49-/m0/s1. The van der Waals surface area contributed by atoms with Gasteiger partial charge in [0, 0.05) is 32.2 Å². The molecule has 14 heteroatoms. The zero-order valence-electron chi connectivity index (χ0n) is 38.1. The van der Waals surface area contributed by atoms with E-state index in [9.17, 15) is 19.5 Å². The normalized spacial score (nSPS) is 33.5. The summed E-state index contributed by atoms with van der Waals surface area (Å²) in [7, 11) is 0. The van der Waals surface area contributed by atoms with E-state index in [0.717, 1.165) is 68.9 Å². The Kier molecular flexibility index (Phi) is 14.1. The van der Waals surface area contributed by atoms with Crippen LogP contribution in [0.15, 0.2) is 30.3 Å². The van der Waals surface area contributed by atoms with Gasteiger partial charge in [-0.3, -0.25) is 24.0 Å². The molecule has 11 atom stereocenters. The van der Waals surface area contributed by atoms with Gasteiger partial charge >= 0.3 is 11.9 Å². The fraction of sp³-hybridized carbons (Fsp3) is 0.755. The minimum atomic E-state index is -1.43. The molecule has 3 unspecified atom stereocenters. The highest BCUT2D eigenvalue weighted by molar-refractivity contribution is 5.96. The Bertz CT molecular complexity index is 1840. The Balaban J connectivity index is 1.09. The van der Waals surface area contributed by atoms with Crippen molar-refractivity contribution < 1.29 is 52.8 Å². The van der Waals surface area contributed by atoms with Gasteiger partial charge in [0.05, 0.1) is 31.4 Å². The smallest absolute Gasteiger partial charge is 0.327 e. The third-order valence-electron chi connectivity index (χ3n) is 14.4. The highest BCUT2D eigenvalue weighted by Crippen LogP contribution is 2.59. The van der Waals surface area contributed by atoms with Crippen LogP contribution in [-0.4, -0.2) is 118 Å². The van der Waals surface area contributed by atoms with Crippen molar-refractivity contribution in [1.29, 1.82) is 0 Å². The molecular formula is C49H71N3O11. The predicted octanol–water partition coefficient (Wildman–Crippen LogP) is 6.30. The van der Waals surface area contributed by atoms with Crippen LogP contribution in [-0.2, 0) is 54.2 Å². The predicted molar refractivity (Wildman–Crippen MR) is 232 cm³/mol. The van der Waals surface area contributed by atoms with Crippen molar-refractivity contribution in [3.8, 4) is 0 Å². The zero-order valence-corrected chi connectivity index (χ0v) is 38.1. The first kappa shape index (κ1) is 46.1. The number of hydrogen-bond donors (Lipinski definition) is 2. The Morgan fingerprint density at radius 1 is 0.984 bits per heavy atom. The summed E-state index contributed by atoms with van der Waals surface area (Å²) in [5.74, 6) is -2.20. The molecular weight excluding hydrogens is 807 g/mol. The van der Waals surface area contributed by atoms with Crippen LogP contribution in [0.2, 0.25) is 0 Å². The number of allylic oxidation sites excluding steroid dienone is 1. The van der Waals surface area contributed by atoms with Crippen molar-refractivity contribution in [2.24, 2.45) is 11.3 Å². The number of unbranched alkanes of at least 4 members (excludes halogenated alkanes) is 4. The molecule has 5 saturated heterocycles. The first-order chi connectivity index (χ1) is 30.3. The number of nitrogens with zero attached hydrogens (tertiary/aromatic N) is 2. The van der Waals surface area contributed by atoms with Gasteiger partial charge < -0.3 is 39.0 Å². The van der Waals surface area contributed by atoms with Gasteiger partial charge in [-0.1, -0.05) is 75.9 Å². The zero-order chi connectivity index (χ0) is 44.5. The van der Waals surface area contributed by atoms with Gasteiger partial charge in [-0.25, -0.2) is 0 Å². The summed E-state index contributed by atoms with van der Waals surface area (Å²) in [5, 5.41) is 14.8. The number of hydroxylamine groups is 2. The molecule has 2 N–H and O–H groups in total. The molecule has 8 rings (SSSR count). The van der Waals surface area contributed by atoms with E-state index in [0.29, 0.717) is 50.4 Å². The summed E-state index contributed by atoms with van der Waals surface area (Å²) < 4.78 is 31.7. The number of esters is 2. The first-order valence-corrected chi connectivity index (χ1v) is 24.1. The van der Waals surface area contributed by atoms with Gasteiger partial charge in [-0.05, 0) is 89.2 Å². The Morgan fingerprint density at radius 3 is 2.44 bits per heavy atom. The minimum Gasteiger partial charge on any atom is -0.460 e. The molecule has 0 radical (unpaired) electrons. The van der Waals surface area contributed by atoms with Crippen molar-refractivity contribution in [2.75, 3.05) is 13.2 Å². The van der Waals surface area contributed by atoms with Gasteiger partial charge in [0.15, 0.2) is 11.8 Å². The van der Waals surface area contributed by atoms with Crippen molar-refractivity contribution >= 4 is 29.8 Å². The fourth-order valence-electron chi connectivity index (χ4n) is 11.3. The molecule has 2 saturated carbocycles. The Labute approximate surface area is 373 Å². The Hall–Kier alpha value is -3.40. The van der Waals surface area contributed by atoms with Crippen LogP contribution in [0.4, 0.5) is 0 Å². The first-order valence-electron chi connectivity index (χ1n) is 24.1. The van der Waals surface area contributed by atoms with Gasteiger partial charge in [0.2, 0.25) is 11.8 Å². The lowest BCUT2D eigenvalue weighted by atomic mass is 9.62. The van der Waals surface area contributed by atoms with E-state index in [-0.39, 0.29) is 38.3 Å². The molecule has 7 aliphatic rings. The minimum absolute atomic E-state index is 0.0115. The van der Waals surface area contributed by atoms with Gasteiger partial charge in [-0.15, -0.1) is 0 Å². The summed E-state index contributed by atoms with van der Waals surface area (Å²) in [4.78, 5) is 65.6. The second kappa shape index (κ2) is 19.2. The lowest BCUT2D eigenvalue weighted by Gasteiger charge is -2.50. The number of carbonyl (C=O) groups excluding carboxylic acids is 4. The molecule has 0 spiro atoms. The van der Waals surface area contributed by atoms with Crippen LogP contribution in [0.3, 0.4) is 0 Å². The molecule has 348 valence electrons. The number of epoxide rings is 1. The molecule has 5 aliphatic heterocycles. The quantitative estimate of drug-likeness (QED) is 0.0907. The Morgan fingerprint density at radius 2 is 1.73 bits per heavy atom. The van der Waals surface area contributed by atoms with E-state index < -0.39 is 77.2 Å². The SMILES string of the molecule is CCCCCC1(CCCCC)O[C@@H]2[C@H](O1)[C@H]1ON(Cc3ccccc3C=CC3CCC4OC4C3)[C@H]3C(=O)O[C@@H]2C[C@@]13C(=O)N1CCC[C@@H]1C(=O)N[C@H](CO)CCC(=O)OC(C)(C)C. The average Bonchev–Trinajstić information content (AvgIpc) is 3.51. The summed E-state index contributed by atoms with van der Waals surface area (Å²) in [6.07, 6.45) is 14.1. The third kappa shape index (κ3) is 9.77. The molecule has 63 heavy (non-hydrogen) atoms. The highest BCUT2D eigenvalue weighted by atomic mass is 16.8. The molecule has 2 bridgehead atoms. The van der Waals surface area contributed by atoms with Crippen molar-refractivity contribution in [3.63, 3.8) is 0 Å². The summed E-state index contributed by atoms with van der Waals surface area (Å²) in [5.41, 5.74) is -0.150. The van der Waals surface area contributed by atoms with Crippen molar-refractivity contribution in [1.82, 2.24) is 15.3 Å². The molecule has 2 aliphatic carbocycles. The number of hydrogen-bond acceptors (Lipinski definition) is 12. The number of likely N-dealkylation sites (tertiary alicyclic amines) is 1. The monoisotopic (exact) mass is 878 g/mol. The van der Waals surface area contributed by atoms with Crippen molar-refractivity contribution in [2.45, 2.75) is 210 Å². The van der Waals surface area contributed by atoms with E-state index in [1.54, 1.807) is 30.7 Å². The van der Waals surface area contributed by atoms with Crippen LogP contribution in [0.1, 0.15) is 148 Å². The van der Waals surface area contributed by atoms with E-state index in [4.69, 9.17) is 28.5 Å². The molecule has 7 fully saturated rings. The topological polar surface area (TPSA) is 166 Å². The molecule has 2 amide bonds. The van der Waals surface area contributed by atoms with Crippen molar-refractivity contribution in [3.05, 3.63) is 41.5 Å². The molecule has 1 aromatic rings. The van der Waals surface area contributed by atoms with E-state index in [1.165, 1.54) is 0 Å². The number of fused-ring (bicyclic) bond motifs is 5. The van der Waals surface area contributed by atoms with Crippen LogP contribution < -0.4 is 5.32 Å².